The zero-order valence-corrected chi connectivity index (χ0v) is 82.7. The fourth-order valence-corrected chi connectivity index (χ4v) is 15.9. The maximum atomic E-state index is 6.74. The van der Waals surface area contributed by atoms with Gasteiger partial charge in [-0.15, -0.1) is 0 Å². The van der Waals surface area contributed by atoms with E-state index >= 15 is 0 Å². The van der Waals surface area contributed by atoms with E-state index in [9.17, 15) is 0 Å². The van der Waals surface area contributed by atoms with E-state index in [1.54, 1.807) is 21.3 Å². The summed E-state index contributed by atoms with van der Waals surface area (Å²) in [5, 5.41) is 11.4. The van der Waals surface area contributed by atoms with Crippen molar-refractivity contribution in [3.05, 3.63) is 159 Å². The van der Waals surface area contributed by atoms with Crippen LogP contribution in [0.15, 0.2) is 109 Å². The van der Waals surface area contributed by atoms with Crippen molar-refractivity contribution in [2.75, 3.05) is 176 Å². The number of nitrogens with one attached hydrogen (secondary N) is 3. The van der Waals surface area contributed by atoms with Gasteiger partial charge in [0.25, 0.3) is 0 Å². The third kappa shape index (κ3) is 56.3. The van der Waals surface area contributed by atoms with Gasteiger partial charge < -0.3 is 87.0 Å². The number of unbranched alkanes of at least 4 members (excludes halogenated alkanes) is 39. The molecule has 0 amide bonds. The second-order valence-electron chi connectivity index (χ2n) is 35.2. The molecule has 0 aromatic heterocycles. The third-order valence-corrected chi connectivity index (χ3v) is 23.4. The summed E-state index contributed by atoms with van der Waals surface area (Å²) in [7, 11) is 4.99. The zero-order chi connectivity index (χ0) is 92.8. The fourth-order valence-electron chi connectivity index (χ4n) is 15.9. The molecule has 3 N–H and O–H groups in total. The van der Waals surface area contributed by atoms with Gasteiger partial charge in [0.1, 0.15) is 54.3 Å². The van der Waals surface area contributed by atoms with Gasteiger partial charge >= 0.3 is 0 Å². The minimum Gasteiger partial charge on any atom is -0.494 e. The maximum Gasteiger partial charge on any atom is 0.122 e. The van der Waals surface area contributed by atoms with E-state index in [1.165, 1.54) is 231 Å². The molecule has 18 nitrogen and oxygen atoms in total. The highest BCUT2D eigenvalue weighted by molar-refractivity contribution is 5.62. The van der Waals surface area contributed by atoms with Crippen molar-refractivity contribution in [2.45, 2.75) is 310 Å². The monoisotopic (exact) mass is 1820 g/mol. The Balaban J connectivity index is 1.24. The average Bonchev–Trinajstić information content (AvgIpc) is 0.842. The highest BCUT2D eigenvalue weighted by Gasteiger charge is 2.14. The van der Waals surface area contributed by atoms with Gasteiger partial charge in [0.05, 0.1) is 119 Å². The van der Waals surface area contributed by atoms with Crippen LogP contribution in [0.4, 0.5) is 17.1 Å². The van der Waals surface area contributed by atoms with Gasteiger partial charge in [0.2, 0.25) is 0 Å². The predicted octanol–water partition coefficient (Wildman–Crippen LogP) is 26.8. The molecule has 0 spiro atoms. The summed E-state index contributed by atoms with van der Waals surface area (Å²) in [5.74, 6) is 25.7. The Morgan fingerprint density at radius 3 is 0.568 bits per heavy atom. The summed E-state index contributed by atoms with van der Waals surface area (Å²) in [6, 6.07) is 37.4. The summed E-state index contributed by atoms with van der Waals surface area (Å²) in [5.41, 5.74) is 10.3. The van der Waals surface area contributed by atoms with E-state index in [0.717, 1.165) is 123 Å². The lowest BCUT2D eigenvalue weighted by molar-refractivity contribution is 0.0179. The Morgan fingerprint density at radius 2 is 0.356 bits per heavy atom. The molecular formula is C114H171N3O15. The van der Waals surface area contributed by atoms with Crippen LogP contribution >= 0.6 is 0 Å². The molecule has 0 aliphatic carbocycles. The zero-order valence-electron chi connectivity index (χ0n) is 82.7. The van der Waals surface area contributed by atoms with Crippen molar-refractivity contribution >= 4 is 17.1 Å². The predicted molar refractivity (Wildman–Crippen MR) is 543 cm³/mol. The van der Waals surface area contributed by atoms with Crippen LogP contribution in [0.5, 0.6) is 34.5 Å². The number of ether oxygens (including phenoxy) is 15. The molecule has 1 aliphatic heterocycles. The summed E-state index contributed by atoms with van der Waals surface area (Å²) in [6.45, 7) is 17.9. The Bertz CT molecular complexity index is 3840. The van der Waals surface area contributed by atoms with Crippen LogP contribution < -0.4 is 44.4 Å². The van der Waals surface area contributed by atoms with Gasteiger partial charge in [-0.25, -0.2) is 0 Å². The molecule has 0 radical (unpaired) electrons. The Morgan fingerprint density at radius 1 is 0.182 bits per heavy atom. The number of fused-ring (bicyclic) bond motifs is 12. The highest BCUT2D eigenvalue weighted by Crippen LogP contribution is 2.30. The van der Waals surface area contributed by atoms with Crippen molar-refractivity contribution in [3.63, 3.8) is 0 Å². The first-order valence-electron chi connectivity index (χ1n) is 51.6. The highest BCUT2D eigenvalue weighted by atomic mass is 16.6. The van der Waals surface area contributed by atoms with Crippen molar-refractivity contribution in [3.8, 4) is 70.0 Å². The molecule has 6 aromatic carbocycles. The molecule has 732 valence electrons. The van der Waals surface area contributed by atoms with Crippen LogP contribution in [0, 0.1) is 35.5 Å². The maximum absolute atomic E-state index is 6.74. The van der Waals surface area contributed by atoms with E-state index in [1.807, 2.05) is 30.3 Å². The second kappa shape index (κ2) is 77.1. The first kappa shape index (κ1) is 111. The molecule has 0 saturated carbocycles. The third-order valence-electron chi connectivity index (χ3n) is 23.4. The number of benzene rings is 6. The van der Waals surface area contributed by atoms with Crippen molar-refractivity contribution < 1.29 is 71.1 Å². The normalized spacial score (nSPS) is 11.9. The van der Waals surface area contributed by atoms with Crippen LogP contribution in [0.3, 0.4) is 0 Å². The van der Waals surface area contributed by atoms with Crippen LogP contribution in [0.2, 0.25) is 0 Å². The fraction of sp³-hybridized carbons (Fsp3) is 0.632. The topological polar surface area (TPSA) is 175 Å². The first-order valence-corrected chi connectivity index (χ1v) is 51.6. The molecule has 1 aliphatic rings. The number of hydrogen-bond donors (Lipinski definition) is 3. The van der Waals surface area contributed by atoms with Gasteiger partial charge in [-0.2, -0.15) is 0 Å². The molecular weight excluding hydrogens is 1650 g/mol. The summed E-state index contributed by atoms with van der Waals surface area (Å²) in [4.78, 5) is 0. The summed E-state index contributed by atoms with van der Waals surface area (Å²) >= 11 is 0. The smallest absolute Gasteiger partial charge is 0.122 e. The summed E-state index contributed by atoms with van der Waals surface area (Å²) < 4.78 is 90.0. The molecule has 0 saturated heterocycles. The van der Waals surface area contributed by atoms with Crippen LogP contribution in [-0.4, -0.2) is 160 Å². The van der Waals surface area contributed by atoms with Crippen LogP contribution in [0.1, 0.15) is 341 Å². The number of methoxy groups -OCH3 is 3. The average molecular weight is 1820 g/mol. The number of rotatable bonds is 78. The first-order chi connectivity index (χ1) is 65.3. The molecule has 132 heavy (non-hydrogen) atoms. The van der Waals surface area contributed by atoms with E-state index in [4.69, 9.17) is 71.1 Å². The van der Waals surface area contributed by atoms with Crippen LogP contribution in [0.25, 0.3) is 0 Å². The Labute approximate surface area is 799 Å². The lowest BCUT2D eigenvalue weighted by atomic mass is 10.0. The molecule has 7 rings (SSSR count). The SMILES string of the molecule is CCCCCCCCCCCCCCCCOc1cc2cc(c1)CNc1cc(cc(OCCCCCCCCCCCCCCCC)c1)C#Cc1cc(cc(OCCCCCCCCCCCCCCCC)c1)NCc1cc(cc(OCCOCCOCCOC)c1)C#Cc1cc(cc(OCCOCCOCCOC)c1)CNc1cc(cc(OCCOCCOCCOC)c1)C#C2. The van der Waals surface area contributed by atoms with Crippen molar-refractivity contribution in [1.29, 1.82) is 0 Å². The second-order valence-corrected chi connectivity index (χ2v) is 35.2. The number of hydrogen-bond acceptors (Lipinski definition) is 18. The molecule has 1 heterocycles. The lowest BCUT2D eigenvalue weighted by Gasteiger charge is -2.14. The molecule has 0 atom stereocenters. The van der Waals surface area contributed by atoms with E-state index < -0.39 is 0 Å². The van der Waals surface area contributed by atoms with Crippen molar-refractivity contribution in [2.24, 2.45) is 0 Å². The van der Waals surface area contributed by atoms with E-state index in [0.29, 0.717) is 176 Å². The van der Waals surface area contributed by atoms with Gasteiger partial charge in [-0.1, -0.05) is 307 Å². The van der Waals surface area contributed by atoms with Crippen molar-refractivity contribution in [1.82, 2.24) is 0 Å². The Kier molecular flexibility index (Phi) is 64.7. The molecule has 0 unspecified atom stereocenters. The van der Waals surface area contributed by atoms with E-state index in [-0.39, 0.29) is 0 Å². The molecule has 0 fully saturated rings. The van der Waals surface area contributed by atoms with Crippen LogP contribution in [-0.2, 0) is 62.3 Å². The van der Waals surface area contributed by atoms with Gasteiger partial charge in [0, 0.05) is 110 Å². The van der Waals surface area contributed by atoms with Gasteiger partial charge in [0.15, 0.2) is 0 Å². The standard InChI is InChI=1S/C114H171N3O15/c1-7-10-13-16-19-22-25-28-31-34-37-40-43-46-55-127-109-82-99-51-52-100-79-108(93-114(87-100)132-75-72-126-69-66-123-63-60-120-6)117-96-105-77-98(84-111(90-105)131-74-71-125-68-65-122-62-59-119-5)50-49-97-76-104(89-110(83-97)130-73-70-124-67-64-121-61-58-118-4)95-116-107-81-102(86-113(92-107)129-57-48-45-42-39-36-33-30-27-24-21-18-15-12-9-3)54-53-101-80-106(115-94-103(78-99)88-109)91-112(85-101)128-56-47-44-41-38-35-32-29-26-23-20-17-14-11-8-2/h76-93,115-117H,7-48,55-75,94-96H2,1-6H3. The van der Waals surface area contributed by atoms with Gasteiger partial charge in [-0.05, 0) is 127 Å². The Hall–Kier alpha value is -8.16. The number of anilines is 3. The summed E-state index contributed by atoms with van der Waals surface area (Å²) in [6.07, 6.45) is 54.4. The van der Waals surface area contributed by atoms with E-state index in [2.05, 4.69) is 151 Å². The lowest BCUT2D eigenvalue weighted by Crippen LogP contribution is -2.12. The van der Waals surface area contributed by atoms with Gasteiger partial charge in [-0.3, -0.25) is 0 Å². The minimum absolute atomic E-state index is 0.312. The molecule has 18 heteroatoms. The molecule has 6 aromatic rings. The molecule has 12 bridgehead atoms. The quantitative estimate of drug-likeness (QED) is 0.0243. The largest absolute Gasteiger partial charge is 0.494 e. The minimum atomic E-state index is 0.312.